The molecule has 0 saturated carbocycles. The summed E-state index contributed by atoms with van der Waals surface area (Å²) in [5.74, 6) is 1.28. The van der Waals surface area contributed by atoms with Crippen LogP contribution < -0.4 is 20.5 Å². The highest BCUT2D eigenvalue weighted by atomic mass is 16.6. The molecule has 1 heterocycles. The average Bonchev–Trinajstić information content (AvgIpc) is 3.07. The summed E-state index contributed by atoms with van der Waals surface area (Å²) >= 11 is 0. The Morgan fingerprint density at radius 2 is 1.76 bits per heavy atom. The van der Waals surface area contributed by atoms with Gasteiger partial charge in [-0.1, -0.05) is 38.1 Å². The standard InChI is InChI=1S/C23H25N3O3/c1-16(2)6-5-13-29-20-12-11-17-14-19(10-9-18(17)15-20)23(27)25-21-7-3-4-8-22(21)26(28)24-25/h3-4,7-12,14-16,24,28H,5-6,13H2,1-2H3. The summed E-state index contributed by atoms with van der Waals surface area (Å²) < 4.78 is 5.86. The molecule has 150 valence electrons. The van der Waals surface area contributed by atoms with Crippen LogP contribution in [-0.4, -0.2) is 17.7 Å². The highest BCUT2D eigenvalue weighted by Crippen LogP contribution is 2.33. The van der Waals surface area contributed by atoms with E-state index in [1.807, 2.05) is 36.4 Å². The van der Waals surface area contributed by atoms with Gasteiger partial charge in [-0.05, 0) is 65.9 Å². The second-order valence-corrected chi connectivity index (χ2v) is 7.65. The lowest BCUT2D eigenvalue weighted by atomic mass is 10.1. The first kappa shape index (κ1) is 19.2. The van der Waals surface area contributed by atoms with Crippen LogP contribution in [0.2, 0.25) is 0 Å². The van der Waals surface area contributed by atoms with Gasteiger partial charge in [0.2, 0.25) is 0 Å². The van der Waals surface area contributed by atoms with Gasteiger partial charge in [0, 0.05) is 5.56 Å². The average molecular weight is 391 g/mol. The van der Waals surface area contributed by atoms with Gasteiger partial charge in [-0.3, -0.25) is 10.0 Å². The van der Waals surface area contributed by atoms with Gasteiger partial charge >= 0.3 is 0 Å². The third-order valence-electron chi connectivity index (χ3n) is 5.00. The van der Waals surface area contributed by atoms with E-state index in [0.29, 0.717) is 29.5 Å². The van der Waals surface area contributed by atoms with Gasteiger partial charge in [0.05, 0.1) is 12.3 Å². The maximum Gasteiger partial charge on any atom is 0.274 e. The van der Waals surface area contributed by atoms with Crippen LogP contribution in [0.4, 0.5) is 11.4 Å². The fraction of sp³-hybridized carbons (Fsp3) is 0.261. The van der Waals surface area contributed by atoms with Crippen molar-refractivity contribution in [1.82, 2.24) is 5.53 Å². The van der Waals surface area contributed by atoms with E-state index in [0.717, 1.165) is 34.5 Å². The molecule has 0 saturated heterocycles. The van der Waals surface area contributed by atoms with Crippen molar-refractivity contribution in [2.45, 2.75) is 26.7 Å². The van der Waals surface area contributed by atoms with Crippen molar-refractivity contribution >= 4 is 28.1 Å². The van der Waals surface area contributed by atoms with Crippen molar-refractivity contribution < 1.29 is 14.7 Å². The summed E-state index contributed by atoms with van der Waals surface area (Å²) in [7, 11) is 0. The monoisotopic (exact) mass is 391 g/mol. The zero-order valence-electron chi connectivity index (χ0n) is 16.6. The molecule has 6 heteroatoms. The Hall–Kier alpha value is -3.09. The van der Waals surface area contributed by atoms with Gasteiger partial charge in [-0.2, -0.15) is 5.17 Å². The van der Waals surface area contributed by atoms with Crippen LogP contribution in [0.15, 0.2) is 60.7 Å². The van der Waals surface area contributed by atoms with Gasteiger partial charge in [0.1, 0.15) is 11.4 Å². The van der Waals surface area contributed by atoms with Crippen LogP contribution in [0.5, 0.6) is 5.75 Å². The molecule has 0 atom stereocenters. The number of hydrogen-bond acceptors (Lipinski definition) is 5. The number of ether oxygens (including phenoxy) is 1. The Morgan fingerprint density at radius 1 is 1.03 bits per heavy atom. The van der Waals surface area contributed by atoms with Crippen molar-refractivity contribution in [2.75, 3.05) is 16.8 Å². The Labute approximate surface area is 170 Å². The largest absolute Gasteiger partial charge is 0.494 e. The number of anilines is 2. The van der Waals surface area contributed by atoms with Gasteiger partial charge in [0.25, 0.3) is 5.91 Å². The van der Waals surface area contributed by atoms with Crippen LogP contribution >= 0.6 is 0 Å². The predicted octanol–water partition coefficient (Wildman–Crippen LogP) is 4.93. The molecule has 3 aromatic carbocycles. The molecule has 1 amide bonds. The maximum atomic E-state index is 13.0. The van der Waals surface area contributed by atoms with E-state index in [1.54, 1.807) is 24.3 Å². The molecule has 0 aromatic heterocycles. The van der Waals surface area contributed by atoms with Gasteiger partial charge < -0.3 is 4.74 Å². The molecule has 0 spiro atoms. The number of hydrazine groups is 2. The molecule has 6 nitrogen and oxygen atoms in total. The zero-order chi connectivity index (χ0) is 20.4. The molecule has 1 aliphatic heterocycles. The van der Waals surface area contributed by atoms with E-state index in [1.165, 1.54) is 5.01 Å². The van der Waals surface area contributed by atoms with Crippen LogP contribution in [0, 0.1) is 5.92 Å². The van der Waals surface area contributed by atoms with Gasteiger partial charge in [-0.15, -0.1) is 5.53 Å². The second-order valence-electron chi connectivity index (χ2n) is 7.65. The molecule has 1 aliphatic rings. The van der Waals surface area contributed by atoms with E-state index in [-0.39, 0.29) is 5.91 Å². The van der Waals surface area contributed by atoms with Crippen LogP contribution in [0.25, 0.3) is 10.8 Å². The number of rotatable bonds is 6. The summed E-state index contributed by atoms with van der Waals surface area (Å²) in [6, 6.07) is 18.6. The number of carbonyl (C=O) groups is 1. The molecule has 4 rings (SSSR count). The summed E-state index contributed by atoms with van der Waals surface area (Å²) in [5.41, 5.74) is 4.32. The Balaban J connectivity index is 1.51. The zero-order valence-corrected chi connectivity index (χ0v) is 16.6. The number of para-hydroxylation sites is 2. The number of hydrogen-bond donors (Lipinski definition) is 2. The first-order chi connectivity index (χ1) is 14.0. The predicted molar refractivity (Wildman–Crippen MR) is 114 cm³/mol. The van der Waals surface area contributed by atoms with Crippen molar-refractivity contribution in [3.8, 4) is 5.75 Å². The third-order valence-corrected chi connectivity index (χ3v) is 5.00. The number of benzene rings is 3. The van der Waals surface area contributed by atoms with E-state index < -0.39 is 0 Å². The summed E-state index contributed by atoms with van der Waals surface area (Å²) in [5, 5.41) is 14.1. The van der Waals surface area contributed by atoms with E-state index in [9.17, 15) is 10.0 Å². The lowest BCUT2D eigenvalue weighted by Crippen LogP contribution is -2.46. The number of amides is 1. The number of nitrogens with one attached hydrogen (secondary N) is 1. The molecule has 0 unspecified atom stereocenters. The summed E-state index contributed by atoms with van der Waals surface area (Å²) in [4.78, 5) is 13.0. The highest BCUT2D eigenvalue weighted by Gasteiger charge is 2.29. The Kier molecular flexibility index (Phi) is 5.38. The lowest BCUT2D eigenvalue weighted by Gasteiger charge is -2.17. The molecule has 2 N–H and O–H groups in total. The van der Waals surface area contributed by atoms with Crippen molar-refractivity contribution in [3.05, 3.63) is 66.2 Å². The van der Waals surface area contributed by atoms with Crippen LogP contribution in [-0.2, 0) is 0 Å². The van der Waals surface area contributed by atoms with Crippen molar-refractivity contribution in [3.63, 3.8) is 0 Å². The molecule has 0 fully saturated rings. The third kappa shape index (κ3) is 4.04. The molecule has 0 radical (unpaired) electrons. The first-order valence-corrected chi connectivity index (χ1v) is 9.88. The quantitative estimate of drug-likeness (QED) is 0.583. The molecule has 29 heavy (non-hydrogen) atoms. The van der Waals surface area contributed by atoms with Crippen molar-refractivity contribution in [1.29, 1.82) is 0 Å². The first-order valence-electron chi connectivity index (χ1n) is 9.88. The minimum absolute atomic E-state index is 0.245. The maximum absolute atomic E-state index is 13.0. The van der Waals surface area contributed by atoms with E-state index in [4.69, 9.17) is 4.74 Å². The molecular formula is C23H25N3O3. The number of carbonyl (C=O) groups excluding carboxylic acids is 1. The lowest BCUT2D eigenvalue weighted by molar-refractivity contribution is 0.0957. The van der Waals surface area contributed by atoms with Crippen LogP contribution in [0.1, 0.15) is 37.0 Å². The molecule has 3 aromatic rings. The Bertz CT molecular complexity index is 1030. The molecule has 0 aliphatic carbocycles. The normalized spacial score (nSPS) is 13.2. The topological polar surface area (TPSA) is 65.0 Å². The fourth-order valence-electron chi connectivity index (χ4n) is 3.45. The number of nitrogens with zero attached hydrogens (tertiary/aromatic N) is 2. The minimum atomic E-state index is -0.245. The van der Waals surface area contributed by atoms with Gasteiger partial charge in [-0.25, -0.2) is 5.01 Å². The molecule has 0 bridgehead atoms. The Morgan fingerprint density at radius 3 is 2.55 bits per heavy atom. The summed E-state index contributed by atoms with van der Waals surface area (Å²) in [6.45, 7) is 5.13. The minimum Gasteiger partial charge on any atom is -0.494 e. The highest BCUT2D eigenvalue weighted by molar-refractivity contribution is 6.10. The van der Waals surface area contributed by atoms with Gasteiger partial charge in [0.15, 0.2) is 0 Å². The van der Waals surface area contributed by atoms with Crippen molar-refractivity contribution in [2.24, 2.45) is 5.92 Å². The second kappa shape index (κ2) is 8.11. The van der Waals surface area contributed by atoms with E-state index in [2.05, 4.69) is 19.4 Å². The van der Waals surface area contributed by atoms with Crippen LogP contribution in [0.3, 0.4) is 0 Å². The molecular weight excluding hydrogens is 366 g/mol. The fourth-order valence-corrected chi connectivity index (χ4v) is 3.45. The SMILES string of the molecule is CC(C)CCCOc1ccc2cc(C(=O)N3NN(O)c4ccccc43)ccc2c1. The smallest absolute Gasteiger partial charge is 0.274 e. The summed E-state index contributed by atoms with van der Waals surface area (Å²) in [6.07, 6.45) is 2.19. The van der Waals surface area contributed by atoms with E-state index >= 15 is 0 Å². The number of fused-ring (bicyclic) bond motifs is 2.